The molecule has 0 N–H and O–H groups in total. The zero-order chi connectivity index (χ0) is 9.36. The normalized spacial score (nSPS) is 18.4. The summed E-state index contributed by atoms with van der Waals surface area (Å²) in [6.45, 7) is 3.38. The van der Waals surface area contributed by atoms with E-state index in [0.29, 0.717) is 0 Å². The Morgan fingerprint density at radius 3 is 2.69 bits per heavy atom. The number of likely N-dealkylation sites (tertiary alicyclic amines) is 1. The zero-order valence-electron chi connectivity index (χ0n) is 8.67. The Morgan fingerprint density at radius 2 is 2.00 bits per heavy atom. The first-order valence-corrected chi connectivity index (χ1v) is 5.33. The van der Waals surface area contributed by atoms with Crippen LogP contribution in [0.15, 0.2) is 12.3 Å². The Morgan fingerprint density at radius 1 is 1.23 bits per heavy atom. The third kappa shape index (κ3) is 4.94. The molecule has 76 valence electrons. The number of piperidine rings is 1. The molecule has 1 heterocycles. The van der Waals surface area contributed by atoms with Gasteiger partial charge >= 0.3 is 0 Å². The van der Waals surface area contributed by atoms with Gasteiger partial charge in [-0.1, -0.05) is 6.08 Å². The molecule has 0 unspecified atom stereocenters. The lowest BCUT2D eigenvalue weighted by Gasteiger charge is -2.24. The molecule has 0 bridgehead atoms. The summed E-state index contributed by atoms with van der Waals surface area (Å²) in [5, 5.41) is 0. The number of hydrogen-bond donors (Lipinski definition) is 0. The van der Waals surface area contributed by atoms with Gasteiger partial charge in [0.2, 0.25) is 0 Å². The van der Waals surface area contributed by atoms with Crippen molar-refractivity contribution >= 4 is 0 Å². The number of allylic oxidation sites excluding steroid dienone is 1. The lowest BCUT2D eigenvalue weighted by atomic mass is 10.1. The van der Waals surface area contributed by atoms with E-state index in [1.807, 2.05) is 0 Å². The van der Waals surface area contributed by atoms with Gasteiger partial charge in [0.15, 0.2) is 0 Å². The maximum Gasteiger partial charge on any atom is 0.0465 e. The van der Waals surface area contributed by atoms with E-state index in [0.717, 1.165) is 19.4 Å². The van der Waals surface area contributed by atoms with E-state index in [2.05, 4.69) is 17.2 Å². The minimum Gasteiger partial charge on any atom is -0.385 e. The SMILES string of the molecule is COCCC/C=C/N1CCCCC1. The van der Waals surface area contributed by atoms with Crippen LogP contribution in [-0.4, -0.2) is 31.7 Å². The largest absolute Gasteiger partial charge is 0.385 e. The number of nitrogens with zero attached hydrogens (tertiary/aromatic N) is 1. The minimum absolute atomic E-state index is 0.879. The molecule has 0 aromatic heterocycles. The van der Waals surface area contributed by atoms with Gasteiger partial charge in [0, 0.05) is 26.8 Å². The molecule has 2 nitrogen and oxygen atoms in total. The van der Waals surface area contributed by atoms with E-state index in [4.69, 9.17) is 4.74 Å². The van der Waals surface area contributed by atoms with Crippen molar-refractivity contribution in [3.05, 3.63) is 12.3 Å². The second kappa shape index (κ2) is 6.96. The molecule has 13 heavy (non-hydrogen) atoms. The van der Waals surface area contributed by atoms with Gasteiger partial charge < -0.3 is 9.64 Å². The maximum absolute atomic E-state index is 4.99. The minimum atomic E-state index is 0.879. The second-order valence-corrected chi connectivity index (χ2v) is 3.62. The van der Waals surface area contributed by atoms with Crippen LogP contribution in [0.1, 0.15) is 32.1 Å². The van der Waals surface area contributed by atoms with Gasteiger partial charge in [-0.15, -0.1) is 0 Å². The molecule has 0 radical (unpaired) electrons. The molecular formula is C11H21NO. The van der Waals surface area contributed by atoms with Gasteiger partial charge in [-0.2, -0.15) is 0 Å². The van der Waals surface area contributed by atoms with Crippen LogP contribution in [-0.2, 0) is 4.74 Å². The molecule has 1 saturated heterocycles. The van der Waals surface area contributed by atoms with E-state index in [1.165, 1.54) is 32.4 Å². The predicted octanol–water partition coefficient (Wildman–Crippen LogP) is 2.41. The average molecular weight is 183 g/mol. The Labute approximate surface area is 81.6 Å². The molecule has 0 amide bonds. The molecule has 0 aliphatic carbocycles. The highest BCUT2D eigenvalue weighted by molar-refractivity contribution is 4.83. The van der Waals surface area contributed by atoms with Crippen molar-refractivity contribution < 1.29 is 4.74 Å². The maximum atomic E-state index is 4.99. The number of ether oxygens (including phenoxy) is 1. The van der Waals surface area contributed by atoms with E-state index < -0.39 is 0 Å². The quantitative estimate of drug-likeness (QED) is 0.607. The van der Waals surface area contributed by atoms with E-state index >= 15 is 0 Å². The molecule has 1 aliphatic heterocycles. The van der Waals surface area contributed by atoms with Crippen LogP contribution in [0.2, 0.25) is 0 Å². The van der Waals surface area contributed by atoms with Crippen LogP contribution < -0.4 is 0 Å². The van der Waals surface area contributed by atoms with Crippen LogP contribution in [0, 0.1) is 0 Å². The second-order valence-electron chi connectivity index (χ2n) is 3.62. The standard InChI is InChI=1S/C11H21NO/c1-13-11-7-3-6-10-12-8-4-2-5-9-12/h6,10H,2-5,7-9,11H2,1H3/b10-6+. The molecule has 0 saturated carbocycles. The van der Waals surface area contributed by atoms with Gasteiger partial charge in [-0.25, -0.2) is 0 Å². The van der Waals surface area contributed by atoms with Crippen LogP contribution in [0.3, 0.4) is 0 Å². The Balaban J connectivity index is 2.01. The van der Waals surface area contributed by atoms with Gasteiger partial charge in [-0.05, 0) is 38.3 Å². The van der Waals surface area contributed by atoms with Crippen molar-refractivity contribution in [1.82, 2.24) is 4.90 Å². The Kier molecular flexibility index (Phi) is 5.66. The summed E-state index contributed by atoms with van der Waals surface area (Å²) in [7, 11) is 1.76. The summed E-state index contributed by atoms with van der Waals surface area (Å²) in [5.74, 6) is 0. The molecule has 0 aromatic carbocycles. The number of methoxy groups -OCH3 is 1. The van der Waals surface area contributed by atoms with Crippen molar-refractivity contribution in [1.29, 1.82) is 0 Å². The fourth-order valence-electron chi connectivity index (χ4n) is 1.64. The van der Waals surface area contributed by atoms with Crippen LogP contribution in [0.5, 0.6) is 0 Å². The number of unbranched alkanes of at least 4 members (excludes halogenated alkanes) is 1. The third-order valence-corrected chi connectivity index (χ3v) is 2.43. The van der Waals surface area contributed by atoms with Crippen molar-refractivity contribution in [2.75, 3.05) is 26.8 Å². The lowest BCUT2D eigenvalue weighted by Crippen LogP contribution is -2.24. The third-order valence-electron chi connectivity index (χ3n) is 2.43. The van der Waals surface area contributed by atoms with Gasteiger partial charge in [0.1, 0.15) is 0 Å². The predicted molar refractivity (Wildman–Crippen MR) is 55.7 cm³/mol. The van der Waals surface area contributed by atoms with Crippen LogP contribution >= 0.6 is 0 Å². The molecular weight excluding hydrogens is 162 g/mol. The summed E-state index contributed by atoms with van der Waals surface area (Å²) in [5.41, 5.74) is 0. The van der Waals surface area contributed by atoms with Crippen molar-refractivity contribution in [3.63, 3.8) is 0 Å². The fourth-order valence-corrected chi connectivity index (χ4v) is 1.64. The molecule has 0 aromatic rings. The summed E-state index contributed by atoms with van der Waals surface area (Å²) in [4.78, 5) is 2.43. The summed E-state index contributed by atoms with van der Waals surface area (Å²) < 4.78 is 4.99. The topological polar surface area (TPSA) is 12.5 Å². The highest BCUT2D eigenvalue weighted by Gasteiger charge is 2.04. The number of rotatable bonds is 5. The van der Waals surface area contributed by atoms with Gasteiger partial charge in [0.05, 0.1) is 0 Å². The molecule has 2 heteroatoms. The highest BCUT2D eigenvalue weighted by atomic mass is 16.5. The average Bonchev–Trinajstić information content (AvgIpc) is 2.19. The Bertz CT molecular complexity index is 139. The molecule has 1 rings (SSSR count). The lowest BCUT2D eigenvalue weighted by molar-refractivity contribution is 0.195. The first kappa shape index (κ1) is 10.6. The summed E-state index contributed by atoms with van der Waals surface area (Å²) >= 11 is 0. The molecule has 1 aliphatic rings. The van der Waals surface area contributed by atoms with Gasteiger partial charge in [0.25, 0.3) is 0 Å². The monoisotopic (exact) mass is 183 g/mol. The van der Waals surface area contributed by atoms with Crippen LogP contribution in [0.25, 0.3) is 0 Å². The first-order valence-electron chi connectivity index (χ1n) is 5.33. The first-order chi connectivity index (χ1) is 6.43. The van der Waals surface area contributed by atoms with Crippen LogP contribution in [0.4, 0.5) is 0 Å². The van der Waals surface area contributed by atoms with Crippen molar-refractivity contribution in [2.24, 2.45) is 0 Å². The summed E-state index contributed by atoms with van der Waals surface area (Å²) in [6.07, 6.45) is 10.9. The fraction of sp³-hybridized carbons (Fsp3) is 0.818. The molecule has 1 fully saturated rings. The smallest absolute Gasteiger partial charge is 0.0465 e. The summed E-state index contributed by atoms with van der Waals surface area (Å²) in [6, 6.07) is 0. The highest BCUT2D eigenvalue weighted by Crippen LogP contribution is 2.08. The van der Waals surface area contributed by atoms with Crippen molar-refractivity contribution in [3.8, 4) is 0 Å². The Hall–Kier alpha value is -0.500. The van der Waals surface area contributed by atoms with E-state index in [-0.39, 0.29) is 0 Å². The zero-order valence-corrected chi connectivity index (χ0v) is 8.67. The number of hydrogen-bond acceptors (Lipinski definition) is 2. The van der Waals surface area contributed by atoms with E-state index in [9.17, 15) is 0 Å². The van der Waals surface area contributed by atoms with E-state index in [1.54, 1.807) is 7.11 Å². The van der Waals surface area contributed by atoms with Gasteiger partial charge in [-0.3, -0.25) is 0 Å². The van der Waals surface area contributed by atoms with Crippen molar-refractivity contribution in [2.45, 2.75) is 32.1 Å². The molecule has 0 atom stereocenters. The molecule has 0 spiro atoms.